The fourth-order valence-electron chi connectivity index (χ4n) is 1.86. The molecule has 2 aromatic rings. The number of nitrogens with zero attached hydrogens (tertiary/aromatic N) is 3. The molecule has 0 aliphatic heterocycles. The van der Waals surface area contributed by atoms with Gasteiger partial charge in [0.2, 0.25) is 5.91 Å². The van der Waals surface area contributed by atoms with Crippen molar-refractivity contribution in [3.63, 3.8) is 0 Å². The third-order valence-corrected chi connectivity index (χ3v) is 4.09. The molecule has 5 nitrogen and oxygen atoms in total. The number of amides is 1. The van der Waals surface area contributed by atoms with Crippen LogP contribution in [0.15, 0.2) is 35.5 Å². The molecule has 0 unspecified atom stereocenters. The van der Waals surface area contributed by atoms with Gasteiger partial charge in [-0.05, 0) is 32.4 Å². The van der Waals surface area contributed by atoms with Gasteiger partial charge >= 0.3 is 0 Å². The normalized spacial score (nSPS) is 12.1. The van der Waals surface area contributed by atoms with Gasteiger partial charge in [-0.3, -0.25) is 9.36 Å². The lowest BCUT2D eigenvalue weighted by Gasteiger charge is -2.11. The van der Waals surface area contributed by atoms with Crippen LogP contribution in [0.5, 0.6) is 0 Å². The summed E-state index contributed by atoms with van der Waals surface area (Å²) in [5.74, 6) is 1.18. The predicted molar refractivity (Wildman–Crippen MR) is 84.7 cm³/mol. The number of hydrogen-bond acceptors (Lipinski definition) is 4. The second-order valence-corrected chi connectivity index (χ2v) is 5.81. The monoisotopic (exact) mass is 304 g/mol. The van der Waals surface area contributed by atoms with E-state index in [-0.39, 0.29) is 11.9 Å². The number of aromatic nitrogens is 3. The largest absolute Gasteiger partial charge is 0.353 e. The molecule has 1 atom stereocenters. The lowest BCUT2D eigenvalue weighted by atomic mass is 10.3. The average Bonchev–Trinajstić information content (AvgIpc) is 2.86. The minimum absolute atomic E-state index is 0.0228. The Kier molecular flexibility index (Phi) is 5.38. The second kappa shape index (κ2) is 7.26. The minimum Gasteiger partial charge on any atom is -0.353 e. The van der Waals surface area contributed by atoms with Crippen LogP contribution in [-0.2, 0) is 4.79 Å². The molecule has 1 aromatic heterocycles. The Morgan fingerprint density at radius 2 is 2.05 bits per heavy atom. The van der Waals surface area contributed by atoms with E-state index in [0.29, 0.717) is 5.75 Å². The molecule has 1 amide bonds. The van der Waals surface area contributed by atoms with Crippen LogP contribution in [0.1, 0.15) is 26.1 Å². The zero-order valence-corrected chi connectivity index (χ0v) is 13.4. The molecule has 0 radical (unpaired) electrons. The summed E-state index contributed by atoms with van der Waals surface area (Å²) in [6, 6.07) is 10.1. The van der Waals surface area contributed by atoms with Gasteiger partial charge < -0.3 is 5.32 Å². The summed E-state index contributed by atoms with van der Waals surface area (Å²) in [6.07, 6.45) is 0.926. The second-order valence-electron chi connectivity index (χ2n) is 4.87. The van der Waals surface area contributed by atoms with Gasteiger partial charge in [0.15, 0.2) is 5.16 Å². The number of carbonyl (C=O) groups excluding carboxylic acids is 1. The lowest BCUT2D eigenvalue weighted by molar-refractivity contribution is -0.119. The van der Waals surface area contributed by atoms with E-state index in [9.17, 15) is 4.79 Å². The molecule has 0 aliphatic rings. The van der Waals surface area contributed by atoms with Gasteiger partial charge in [-0.15, -0.1) is 10.2 Å². The fourth-order valence-corrected chi connectivity index (χ4v) is 2.67. The topological polar surface area (TPSA) is 59.8 Å². The zero-order chi connectivity index (χ0) is 15.2. The van der Waals surface area contributed by atoms with E-state index in [1.54, 1.807) is 0 Å². The van der Waals surface area contributed by atoms with E-state index < -0.39 is 0 Å². The molecule has 112 valence electrons. The first-order valence-electron chi connectivity index (χ1n) is 7.01. The van der Waals surface area contributed by atoms with Gasteiger partial charge in [-0.2, -0.15) is 0 Å². The molecule has 0 fully saturated rings. The molecule has 0 bridgehead atoms. The van der Waals surface area contributed by atoms with E-state index in [4.69, 9.17) is 0 Å². The van der Waals surface area contributed by atoms with Crippen LogP contribution >= 0.6 is 11.8 Å². The summed E-state index contributed by atoms with van der Waals surface area (Å²) >= 11 is 1.40. The number of rotatable bonds is 6. The van der Waals surface area contributed by atoms with Gasteiger partial charge in [0.1, 0.15) is 5.82 Å². The Bertz CT molecular complexity index is 597. The maximum absolute atomic E-state index is 11.9. The molecule has 21 heavy (non-hydrogen) atoms. The molecular weight excluding hydrogens is 284 g/mol. The number of aryl methyl sites for hydroxylation is 1. The third-order valence-electron chi connectivity index (χ3n) is 3.16. The molecule has 0 aliphatic carbocycles. The summed E-state index contributed by atoms with van der Waals surface area (Å²) in [7, 11) is 0. The highest BCUT2D eigenvalue weighted by Gasteiger charge is 2.13. The smallest absolute Gasteiger partial charge is 0.230 e. The number of hydrogen-bond donors (Lipinski definition) is 1. The highest BCUT2D eigenvalue weighted by Crippen LogP contribution is 2.21. The van der Waals surface area contributed by atoms with Crippen LogP contribution in [-0.4, -0.2) is 32.5 Å². The maximum Gasteiger partial charge on any atom is 0.230 e. The first-order chi connectivity index (χ1) is 10.1. The van der Waals surface area contributed by atoms with Crippen molar-refractivity contribution < 1.29 is 4.79 Å². The van der Waals surface area contributed by atoms with Crippen LogP contribution in [0.3, 0.4) is 0 Å². The molecule has 1 N–H and O–H groups in total. The van der Waals surface area contributed by atoms with E-state index in [2.05, 4.69) is 15.5 Å². The third kappa shape index (κ3) is 4.07. The maximum atomic E-state index is 11.9. The number of para-hydroxylation sites is 1. The van der Waals surface area contributed by atoms with Crippen molar-refractivity contribution in [3.05, 3.63) is 36.2 Å². The van der Waals surface area contributed by atoms with E-state index in [0.717, 1.165) is 23.1 Å². The summed E-state index contributed by atoms with van der Waals surface area (Å²) in [6.45, 7) is 5.95. The Balaban J connectivity index is 2.07. The van der Waals surface area contributed by atoms with Crippen molar-refractivity contribution in [3.8, 4) is 5.69 Å². The van der Waals surface area contributed by atoms with Crippen molar-refractivity contribution in [2.45, 2.75) is 38.4 Å². The van der Waals surface area contributed by atoms with Crippen LogP contribution in [0.25, 0.3) is 5.69 Å². The highest BCUT2D eigenvalue weighted by atomic mass is 32.2. The zero-order valence-electron chi connectivity index (χ0n) is 12.5. The summed E-state index contributed by atoms with van der Waals surface area (Å²) < 4.78 is 1.96. The molecule has 0 spiro atoms. The van der Waals surface area contributed by atoms with Crippen LogP contribution in [0, 0.1) is 6.92 Å². The van der Waals surface area contributed by atoms with Gasteiger partial charge in [0.05, 0.1) is 5.75 Å². The van der Waals surface area contributed by atoms with E-state index in [1.807, 2.05) is 55.7 Å². The first kappa shape index (κ1) is 15.6. The molecule has 1 aromatic carbocycles. The average molecular weight is 304 g/mol. The van der Waals surface area contributed by atoms with Gasteiger partial charge in [-0.25, -0.2) is 0 Å². The van der Waals surface area contributed by atoms with Crippen molar-refractivity contribution in [2.24, 2.45) is 0 Å². The summed E-state index contributed by atoms with van der Waals surface area (Å²) in [4.78, 5) is 11.9. The SMILES string of the molecule is CC[C@@H](C)NC(=O)CSc1nnc(C)n1-c1ccccc1. The standard InChI is InChI=1S/C15H20N4OS/c1-4-11(2)16-14(20)10-21-15-18-17-12(3)19(15)13-8-6-5-7-9-13/h5-9,11H,4,10H2,1-3H3,(H,16,20)/t11-/m1/s1. The van der Waals surface area contributed by atoms with E-state index >= 15 is 0 Å². The van der Waals surface area contributed by atoms with Crippen molar-refractivity contribution in [1.82, 2.24) is 20.1 Å². The van der Waals surface area contributed by atoms with Crippen molar-refractivity contribution in [2.75, 3.05) is 5.75 Å². The van der Waals surface area contributed by atoms with E-state index in [1.165, 1.54) is 11.8 Å². The first-order valence-corrected chi connectivity index (χ1v) is 8.00. The molecule has 2 rings (SSSR count). The Hall–Kier alpha value is -1.82. The quantitative estimate of drug-likeness (QED) is 0.833. The lowest BCUT2D eigenvalue weighted by Crippen LogP contribution is -2.33. The molecule has 1 heterocycles. The van der Waals surface area contributed by atoms with Crippen LogP contribution < -0.4 is 5.32 Å². The van der Waals surface area contributed by atoms with Crippen LogP contribution in [0.4, 0.5) is 0 Å². The Labute approximate surface area is 129 Å². The van der Waals surface area contributed by atoms with Crippen molar-refractivity contribution >= 4 is 17.7 Å². The Morgan fingerprint density at radius 1 is 1.33 bits per heavy atom. The van der Waals surface area contributed by atoms with Crippen LogP contribution in [0.2, 0.25) is 0 Å². The van der Waals surface area contributed by atoms with Crippen molar-refractivity contribution in [1.29, 1.82) is 0 Å². The Morgan fingerprint density at radius 3 is 2.71 bits per heavy atom. The molecule has 0 saturated carbocycles. The summed E-state index contributed by atoms with van der Waals surface area (Å²) in [5, 5.41) is 12.0. The summed E-state index contributed by atoms with van der Waals surface area (Å²) in [5.41, 5.74) is 1.00. The number of nitrogens with one attached hydrogen (secondary N) is 1. The molecule has 6 heteroatoms. The van der Waals surface area contributed by atoms with Gasteiger partial charge in [-0.1, -0.05) is 36.9 Å². The molecule has 0 saturated heterocycles. The fraction of sp³-hybridized carbons (Fsp3) is 0.400. The number of benzene rings is 1. The van der Waals surface area contributed by atoms with Gasteiger partial charge in [0, 0.05) is 11.7 Å². The van der Waals surface area contributed by atoms with Gasteiger partial charge in [0.25, 0.3) is 0 Å². The predicted octanol–water partition coefficient (Wildman–Crippen LogP) is 2.58. The number of thioether (sulfide) groups is 1. The highest BCUT2D eigenvalue weighted by molar-refractivity contribution is 7.99. The number of carbonyl (C=O) groups is 1. The molecular formula is C15H20N4OS. The minimum atomic E-state index is 0.0228.